The quantitative estimate of drug-likeness (QED) is 0.641. The van der Waals surface area contributed by atoms with E-state index in [1.165, 1.54) is 0 Å². The number of rotatable bonds is 7. The minimum Gasteiger partial charge on any atom is -0.383 e. The molecule has 0 spiro atoms. The van der Waals surface area contributed by atoms with E-state index in [2.05, 4.69) is 5.32 Å². The average Bonchev–Trinajstić information content (AvgIpc) is 2.62. The molecule has 1 aromatic carbocycles. The first-order valence-corrected chi connectivity index (χ1v) is 8.19. The molecule has 0 aromatic heterocycles. The number of nitrogens with two attached hydrogens (primary N) is 1. The van der Waals surface area contributed by atoms with E-state index in [-0.39, 0.29) is 36.6 Å². The minimum absolute atomic E-state index is 0. The maximum atomic E-state index is 12.5. The Morgan fingerprint density at radius 1 is 1.15 bits per heavy atom. The van der Waals surface area contributed by atoms with Gasteiger partial charge >= 0.3 is 0 Å². The first kappa shape index (κ1) is 24.6. The van der Waals surface area contributed by atoms with Gasteiger partial charge in [-0.1, -0.05) is 30.3 Å². The molecule has 3 N–H and O–H groups in total. The predicted octanol–water partition coefficient (Wildman–Crippen LogP) is 0.437. The highest BCUT2D eigenvalue weighted by Gasteiger charge is 2.26. The lowest BCUT2D eigenvalue weighted by Crippen LogP contribution is -2.52. The number of amides is 2. The van der Waals surface area contributed by atoms with Gasteiger partial charge < -0.3 is 20.7 Å². The molecular weight excluding hydrogens is 379 g/mol. The van der Waals surface area contributed by atoms with Crippen molar-refractivity contribution in [2.24, 2.45) is 5.73 Å². The summed E-state index contributed by atoms with van der Waals surface area (Å²) in [6.07, 6.45) is 0. The Hall–Kier alpha value is -1.38. The van der Waals surface area contributed by atoms with E-state index in [1.807, 2.05) is 35.2 Å². The number of ether oxygens (including phenoxy) is 1. The lowest BCUT2D eigenvalue weighted by molar-refractivity contribution is -0.134. The minimum atomic E-state index is -0.630. The number of hydrogen-bond donors (Lipinski definition) is 2. The summed E-state index contributed by atoms with van der Waals surface area (Å²) >= 11 is 0. The molecule has 1 aromatic rings. The third-order valence-corrected chi connectivity index (χ3v) is 4.10. The van der Waals surface area contributed by atoms with Gasteiger partial charge in [0.25, 0.3) is 0 Å². The van der Waals surface area contributed by atoms with Gasteiger partial charge in [-0.25, -0.2) is 0 Å². The third kappa shape index (κ3) is 7.47. The Labute approximate surface area is 167 Å². The molecule has 1 unspecified atom stereocenters. The van der Waals surface area contributed by atoms with Crippen LogP contribution in [0.15, 0.2) is 30.3 Å². The zero-order valence-electron chi connectivity index (χ0n) is 14.9. The normalized spacial score (nSPS) is 15.4. The van der Waals surface area contributed by atoms with Gasteiger partial charge in [-0.05, 0) is 5.56 Å². The highest BCUT2D eigenvalue weighted by Crippen LogP contribution is 2.14. The standard InChI is InChI=1S/C17H26N4O3.2ClH/c1-24-12-7-19-15(22)13-20-8-10-21(11-9-20)17(23)16(18)14-5-3-2-4-6-14;;/h2-6,16H,7-13,18H2,1H3,(H,19,22);2*1H. The van der Waals surface area contributed by atoms with Crippen LogP contribution < -0.4 is 11.1 Å². The van der Waals surface area contributed by atoms with E-state index < -0.39 is 6.04 Å². The van der Waals surface area contributed by atoms with Crippen LogP contribution in [0.25, 0.3) is 0 Å². The second-order valence-electron chi connectivity index (χ2n) is 5.83. The fraction of sp³-hybridized carbons (Fsp3) is 0.529. The van der Waals surface area contributed by atoms with Crippen molar-refractivity contribution in [1.82, 2.24) is 15.1 Å². The largest absolute Gasteiger partial charge is 0.383 e. The molecule has 1 fully saturated rings. The van der Waals surface area contributed by atoms with Gasteiger partial charge in [-0.15, -0.1) is 24.8 Å². The number of piperazine rings is 1. The fourth-order valence-electron chi connectivity index (χ4n) is 2.68. The summed E-state index contributed by atoms with van der Waals surface area (Å²) < 4.78 is 4.90. The summed E-state index contributed by atoms with van der Waals surface area (Å²) in [4.78, 5) is 28.1. The summed E-state index contributed by atoms with van der Waals surface area (Å²) in [5, 5.41) is 2.80. The molecule has 2 amide bonds. The summed E-state index contributed by atoms with van der Waals surface area (Å²) in [7, 11) is 1.60. The van der Waals surface area contributed by atoms with Gasteiger partial charge in [-0.3, -0.25) is 14.5 Å². The number of nitrogens with zero attached hydrogens (tertiary/aromatic N) is 2. The molecule has 1 saturated heterocycles. The van der Waals surface area contributed by atoms with Crippen LogP contribution in [0.3, 0.4) is 0 Å². The lowest BCUT2D eigenvalue weighted by Gasteiger charge is -2.35. The summed E-state index contributed by atoms with van der Waals surface area (Å²) in [6.45, 7) is 3.88. The molecule has 0 radical (unpaired) electrons. The van der Waals surface area contributed by atoms with Gasteiger partial charge in [0.2, 0.25) is 11.8 Å². The van der Waals surface area contributed by atoms with Gasteiger partial charge in [0, 0.05) is 39.8 Å². The number of hydrogen-bond acceptors (Lipinski definition) is 5. The first-order valence-electron chi connectivity index (χ1n) is 8.19. The molecule has 0 bridgehead atoms. The fourth-order valence-corrected chi connectivity index (χ4v) is 2.68. The highest BCUT2D eigenvalue weighted by atomic mass is 35.5. The van der Waals surface area contributed by atoms with Crippen molar-refractivity contribution in [3.63, 3.8) is 0 Å². The molecule has 9 heteroatoms. The van der Waals surface area contributed by atoms with Crippen LogP contribution in [0.4, 0.5) is 0 Å². The predicted molar refractivity (Wildman–Crippen MR) is 106 cm³/mol. The van der Waals surface area contributed by atoms with Crippen molar-refractivity contribution in [1.29, 1.82) is 0 Å². The van der Waals surface area contributed by atoms with E-state index in [1.54, 1.807) is 12.0 Å². The van der Waals surface area contributed by atoms with Crippen LogP contribution in [-0.4, -0.2) is 74.6 Å². The van der Waals surface area contributed by atoms with E-state index in [9.17, 15) is 9.59 Å². The van der Waals surface area contributed by atoms with Crippen LogP contribution in [0.1, 0.15) is 11.6 Å². The molecule has 26 heavy (non-hydrogen) atoms. The van der Waals surface area contributed by atoms with Crippen LogP contribution >= 0.6 is 24.8 Å². The number of methoxy groups -OCH3 is 1. The smallest absolute Gasteiger partial charge is 0.244 e. The molecule has 0 aliphatic carbocycles. The Morgan fingerprint density at radius 2 is 1.77 bits per heavy atom. The van der Waals surface area contributed by atoms with Gasteiger partial charge in [0.05, 0.1) is 13.2 Å². The highest BCUT2D eigenvalue weighted by molar-refractivity contribution is 5.85. The SMILES string of the molecule is COCCNC(=O)CN1CCN(C(=O)C(N)c2ccccc2)CC1.Cl.Cl. The van der Waals surface area contributed by atoms with Crippen molar-refractivity contribution in [2.45, 2.75) is 6.04 Å². The third-order valence-electron chi connectivity index (χ3n) is 4.10. The van der Waals surface area contributed by atoms with Crippen molar-refractivity contribution < 1.29 is 14.3 Å². The first-order chi connectivity index (χ1) is 11.6. The number of benzene rings is 1. The zero-order chi connectivity index (χ0) is 17.4. The number of carbonyl (C=O) groups excluding carboxylic acids is 2. The topological polar surface area (TPSA) is 87.9 Å². The Balaban J connectivity index is 0.00000312. The van der Waals surface area contributed by atoms with Crippen molar-refractivity contribution in [3.8, 4) is 0 Å². The molecular formula is C17H28Cl2N4O3. The van der Waals surface area contributed by atoms with E-state index in [4.69, 9.17) is 10.5 Å². The molecule has 1 atom stereocenters. The van der Waals surface area contributed by atoms with Crippen LogP contribution in [0, 0.1) is 0 Å². The Bertz CT molecular complexity index is 540. The van der Waals surface area contributed by atoms with Crippen LogP contribution in [0.2, 0.25) is 0 Å². The maximum Gasteiger partial charge on any atom is 0.244 e. The van der Waals surface area contributed by atoms with E-state index in [0.29, 0.717) is 45.9 Å². The van der Waals surface area contributed by atoms with Crippen LogP contribution in [0.5, 0.6) is 0 Å². The average molecular weight is 407 g/mol. The monoisotopic (exact) mass is 406 g/mol. The van der Waals surface area contributed by atoms with Gasteiger partial charge in [0.15, 0.2) is 0 Å². The number of nitrogens with one attached hydrogen (secondary N) is 1. The Morgan fingerprint density at radius 3 is 2.35 bits per heavy atom. The molecule has 1 heterocycles. The summed E-state index contributed by atoms with van der Waals surface area (Å²) in [5.41, 5.74) is 6.89. The van der Waals surface area contributed by atoms with E-state index in [0.717, 1.165) is 5.56 Å². The van der Waals surface area contributed by atoms with Gasteiger partial charge in [0.1, 0.15) is 6.04 Å². The maximum absolute atomic E-state index is 12.5. The molecule has 7 nitrogen and oxygen atoms in total. The van der Waals surface area contributed by atoms with Crippen molar-refractivity contribution >= 4 is 36.6 Å². The van der Waals surface area contributed by atoms with Crippen molar-refractivity contribution in [3.05, 3.63) is 35.9 Å². The van der Waals surface area contributed by atoms with E-state index >= 15 is 0 Å². The molecule has 148 valence electrons. The molecule has 0 saturated carbocycles. The lowest BCUT2D eigenvalue weighted by atomic mass is 10.1. The van der Waals surface area contributed by atoms with Gasteiger partial charge in [-0.2, -0.15) is 0 Å². The van der Waals surface area contributed by atoms with Crippen molar-refractivity contribution in [2.75, 3.05) is 53.0 Å². The summed E-state index contributed by atoms with van der Waals surface area (Å²) in [6, 6.07) is 8.75. The Kier molecular flexibility index (Phi) is 12.2. The zero-order valence-corrected chi connectivity index (χ0v) is 16.6. The second kappa shape index (κ2) is 12.9. The summed E-state index contributed by atoms with van der Waals surface area (Å²) in [5.74, 6) is -0.0850. The second-order valence-corrected chi connectivity index (χ2v) is 5.83. The molecule has 1 aliphatic heterocycles. The molecule has 1 aliphatic rings. The van der Waals surface area contributed by atoms with Crippen LogP contribution in [-0.2, 0) is 14.3 Å². The number of halogens is 2. The molecule has 2 rings (SSSR count). The number of carbonyl (C=O) groups is 2.